The molecule has 3 rings (SSSR count). The number of rotatable bonds is 9. The van der Waals surface area contributed by atoms with E-state index in [1.165, 1.54) is 41.2 Å². The van der Waals surface area contributed by atoms with E-state index in [9.17, 15) is 18.8 Å². The molecule has 33 heavy (non-hydrogen) atoms. The van der Waals surface area contributed by atoms with Gasteiger partial charge in [-0.25, -0.2) is 4.39 Å². The van der Waals surface area contributed by atoms with Gasteiger partial charge in [0.2, 0.25) is 11.8 Å². The number of hydrogen-bond acceptors (Lipinski definition) is 4. The summed E-state index contributed by atoms with van der Waals surface area (Å²) in [5.74, 6) is -1.21. The van der Waals surface area contributed by atoms with Crippen molar-refractivity contribution < 1.29 is 18.4 Å². The molecule has 0 aliphatic heterocycles. The van der Waals surface area contributed by atoms with Crippen LogP contribution in [0.2, 0.25) is 0 Å². The van der Waals surface area contributed by atoms with Crippen molar-refractivity contribution in [3.05, 3.63) is 94.6 Å². The lowest BCUT2D eigenvalue weighted by molar-refractivity contribution is -0.140. The number of amides is 2. The van der Waals surface area contributed by atoms with Crippen molar-refractivity contribution in [1.29, 1.82) is 0 Å². The summed E-state index contributed by atoms with van der Waals surface area (Å²) in [6.07, 6.45) is 2.84. The van der Waals surface area contributed by atoms with Crippen LogP contribution in [0, 0.1) is 5.82 Å². The van der Waals surface area contributed by atoms with Crippen LogP contribution in [-0.4, -0.2) is 40.1 Å². The molecule has 0 saturated heterocycles. The predicted octanol–water partition coefficient (Wildman–Crippen LogP) is 4.10. The minimum Gasteiger partial charge on any atom is -0.464 e. The zero-order chi connectivity index (χ0) is 24.0. The number of hydrogen-bond donors (Lipinski definition) is 0. The first-order valence-electron chi connectivity index (χ1n) is 10.4. The van der Waals surface area contributed by atoms with Gasteiger partial charge in [0.05, 0.1) is 23.8 Å². The molecule has 0 bridgehead atoms. The molecule has 0 aliphatic rings. The van der Waals surface area contributed by atoms with Gasteiger partial charge >= 0.3 is 0 Å². The Morgan fingerprint density at radius 3 is 2.48 bits per heavy atom. The van der Waals surface area contributed by atoms with E-state index in [1.807, 2.05) is 0 Å². The molecule has 0 N–H and O–H groups in total. The molecule has 3 aromatic rings. The summed E-state index contributed by atoms with van der Waals surface area (Å²) in [4.78, 5) is 41.4. The van der Waals surface area contributed by atoms with Gasteiger partial charge in [-0.3, -0.25) is 14.4 Å². The molecule has 1 aromatic heterocycles. The van der Waals surface area contributed by atoms with Crippen LogP contribution in [0.4, 0.5) is 4.39 Å². The summed E-state index contributed by atoms with van der Waals surface area (Å²) in [6.45, 7) is 5.11. The minimum absolute atomic E-state index is 0.0457. The highest BCUT2D eigenvalue weighted by molar-refractivity contribution is 6.30. The molecule has 2 amide bonds. The summed E-state index contributed by atoms with van der Waals surface area (Å²) in [6, 6.07) is 12.6. The zero-order valence-corrected chi connectivity index (χ0v) is 18.9. The molecule has 0 saturated carbocycles. The summed E-state index contributed by atoms with van der Waals surface area (Å²) in [5, 5.41) is -0.403. The van der Waals surface area contributed by atoms with E-state index in [1.54, 1.807) is 36.4 Å². The maximum absolute atomic E-state index is 13.4. The molecule has 0 spiro atoms. The number of carbonyl (C=O) groups excluding carboxylic acids is 2. The molecule has 2 aromatic carbocycles. The van der Waals surface area contributed by atoms with Gasteiger partial charge in [0.1, 0.15) is 23.3 Å². The number of halogens is 2. The van der Waals surface area contributed by atoms with Crippen molar-refractivity contribution in [2.75, 3.05) is 13.1 Å². The molecule has 0 radical (unpaired) electrons. The fourth-order valence-electron chi connectivity index (χ4n) is 3.38. The van der Waals surface area contributed by atoms with E-state index in [0.717, 1.165) is 0 Å². The summed E-state index contributed by atoms with van der Waals surface area (Å²) < 4.78 is 18.9. The van der Waals surface area contributed by atoms with E-state index in [0.29, 0.717) is 16.5 Å². The van der Waals surface area contributed by atoms with E-state index < -0.39 is 23.0 Å². The fourth-order valence-corrected chi connectivity index (χ4v) is 3.52. The molecule has 1 atom stereocenters. The molecule has 8 heteroatoms. The van der Waals surface area contributed by atoms with Crippen LogP contribution in [0.15, 0.2) is 76.7 Å². The van der Waals surface area contributed by atoms with Crippen LogP contribution in [0.3, 0.4) is 0 Å². The Kier molecular flexibility index (Phi) is 8.01. The highest BCUT2D eigenvalue weighted by Crippen LogP contribution is 2.15. The Labute approximate surface area is 195 Å². The molecular weight excluding hydrogens is 447 g/mol. The van der Waals surface area contributed by atoms with Crippen LogP contribution < -0.4 is 5.43 Å². The van der Waals surface area contributed by atoms with Crippen LogP contribution >= 0.6 is 11.6 Å². The molecule has 1 heterocycles. The average molecular weight is 471 g/mol. The summed E-state index contributed by atoms with van der Waals surface area (Å²) >= 11 is 5.93. The Balaban J connectivity index is 1.91. The lowest BCUT2D eigenvalue weighted by atomic mass is 10.1. The Hall–Kier alpha value is -3.45. The van der Waals surface area contributed by atoms with Crippen LogP contribution in [0.1, 0.15) is 18.1 Å². The van der Waals surface area contributed by atoms with Gasteiger partial charge in [0.15, 0.2) is 5.43 Å². The van der Waals surface area contributed by atoms with E-state index >= 15 is 0 Å². The number of benzene rings is 2. The average Bonchev–Trinajstić information content (AvgIpc) is 2.80. The third-order valence-corrected chi connectivity index (χ3v) is 5.27. The van der Waals surface area contributed by atoms with Crippen molar-refractivity contribution in [3.63, 3.8) is 0 Å². The second-order valence-electron chi connectivity index (χ2n) is 7.59. The van der Waals surface area contributed by atoms with Gasteiger partial charge in [0, 0.05) is 13.1 Å². The molecule has 172 valence electrons. The van der Waals surface area contributed by atoms with Gasteiger partial charge in [-0.1, -0.05) is 30.3 Å². The second-order valence-corrected chi connectivity index (χ2v) is 8.24. The molecular formula is C25H24ClFN2O4. The van der Waals surface area contributed by atoms with Gasteiger partial charge < -0.3 is 14.2 Å². The highest BCUT2D eigenvalue weighted by atomic mass is 35.5. The maximum atomic E-state index is 13.4. The number of carbonyl (C=O) groups is 2. The quantitative estimate of drug-likeness (QED) is 0.348. The van der Waals surface area contributed by atoms with Crippen LogP contribution in [0.5, 0.6) is 0 Å². The van der Waals surface area contributed by atoms with Gasteiger partial charge in [-0.15, -0.1) is 18.2 Å². The van der Waals surface area contributed by atoms with E-state index in [2.05, 4.69) is 6.58 Å². The standard InChI is InChI=1S/C25H24ClFN2O4/c1-3-12-28(25(32)17(2)26)15-23(30)29(13-18-8-10-20(27)11-9-18)14-19-16-33-22-7-5-4-6-21(22)24(19)31/h3-11,16-17H,1,12-15H2,2H3. The SMILES string of the molecule is C=CCN(CC(=O)N(Cc1ccc(F)cc1)Cc1coc2ccccc2c1=O)C(=O)C(C)Cl. The van der Waals surface area contributed by atoms with Gasteiger partial charge in [0.25, 0.3) is 0 Å². The maximum Gasteiger partial charge on any atom is 0.242 e. The predicted molar refractivity (Wildman–Crippen MR) is 125 cm³/mol. The topological polar surface area (TPSA) is 70.8 Å². The smallest absolute Gasteiger partial charge is 0.242 e. The molecule has 0 aliphatic carbocycles. The minimum atomic E-state index is -0.809. The van der Waals surface area contributed by atoms with Crippen molar-refractivity contribution in [2.24, 2.45) is 0 Å². The first-order valence-corrected chi connectivity index (χ1v) is 10.8. The first-order chi connectivity index (χ1) is 15.8. The zero-order valence-electron chi connectivity index (χ0n) is 18.2. The number of para-hydroxylation sites is 1. The van der Waals surface area contributed by atoms with E-state index in [-0.39, 0.29) is 37.2 Å². The van der Waals surface area contributed by atoms with Crippen molar-refractivity contribution >= 4 is 34.4 Å². The normalized spacial score (nSPS) is 11.7. The fraction of sp³-hybridized carbons (Fsp3) is 0.240. The van der Waals surface area contributed by atoms with Crippen LogP contribution in [0.25, 0.3) is 11.0 Å². The Bertz CT molecular complexity index is 1210. The Morgan fingerprint density at radius 2 is 1.82 bits per heavy atom. The lowest BCUT2D eigenvalue weighted by Gasteiger charge is -2.27. The van der Waals surface area contributed by atoms with Crippen molar-refractivity contribution in [3.8, 4) is 0 Å². The van der Waals surface area contributed by atoms with Gasteiger partial charge in [-0.05, 0) is 36.8 Å². The van der Waals surface area contributed by atoms with Gasteiger partial charge in [-0.2, -0.15) is 0 Å². The monoisotopic (exact) mass is 470 g/mol. The summed E-state index contributed by atoms with van der Waals surface area (Å²) in [7, 11) is 0. The second kappa shape index (κ2) is 10.9. The largest absolute Gasteiger partial charge is 0.464 e. The number of alkyl halides is 1. The third kappa shape index (κ3) is 6.08. The summed E-state index contributed by atoms with van der Waals surface area (Å²) in [5.41, 5.74) is 1.15. The highest BCUT2D eigenvalue weighted by Gasteiger charge is 2.24. The number of fused-ring (bicyclic) bond motifs is 1. The van der Waals surface area contributed by atoms with E-state index in [4.69, 9.17) is 16.0 Å². The van der Waals surface area contributed by atoms with Crippen LogP contribution in [-0.2, 0) is 22.7 Å². The van der Waals surface area contributed by atoms with Crippen molar-refractivity contribution in [1.82, 2.24) is 9.80 Å². The molecule has 6 nitrogen and oxygen atoms in total. The third-order valence-electron chi connectivity index (χ3n) is 5.08. The first kappa shape index (κ1) is 24.2. The number of nitrogens with zero attached hydrogens (tertiary/aromatic N) is 2. The Morgan fingerprint density at radius 1 is 1.12 bits per heavy atom. The molecule has 0 fully saturated rings. The van der Waals surface area contributed by atoms with Crippen molar-refractivity contribution in [2.45, 2.75) is 25.4 Å². The molecule has 1 unspecified atom stereocenters. The lowest BCUT2D eigenvalue weighted by Crippen LogP contribution is -2.44.